The van der Waals surface area contributed by atoms with Gasteiger partial charge in [-0.3, -0.25) is 4.79 Å². The molecule has 3 N–H and O–H groups in total. The zero-order valence-electron chi connectivity index (χ0n) is 18.3. The maximum Gasteiger partial charge on any atom is 0.336 e. The van der Waals surface area contributed by atoms with Crippen LogP contribution in [0, 0.1) is 16.7 Å². The van der Waals surface area contributed by atoms with E-state index in [1.165, 1.54) is 0 Å². The van der Waals surface area contributed by atoms with E-state index in [4.69, 9.17) is 15.2 Å². The topological polar surface area (TPSA) is 114 Å². The van der Waals surface area contributed by atoms with Crippen LogP contribution in [0.1, 0.15) is 50.7 Å². The van der Waals surface area contributed by atoms with Gasteiger partial charge in [-0.2, -0.15) is 5.26 Å². The van der Waals surface area contributed by atoms with Gasteiger partial charge in [0.2, 0.25) is 0 Å². The molecule has 0 amide bonds. The number of nitriles is 1. The molecule has 1 aromatic rings. The van der Waals surface area contributed by atoms with Crippen LogP contribution in [0.4, 0.5) is 0 Å². The van der Waals surface area contributed by atoms with E-state index in [1.807, 2.05) is 19.9 Å². The third kappa shape index (κ3) is 4.71. The average Bonchev–Trinajstić information content (AvgIpc) is 2.72. The Labute approximate surface area is 182 Å². The largest absolute Gasteiger partial charge is 0.463 e. The predicted octanol–water partition coefficient (Wildman–Crippen LogP) is 2.68. The van der Waals surface area contributed by atoms with Crippen molar-refractivity contribution in [3.8, 4) is 6.07 Å². The van der Waals surface area contributed by atoms with Crippen LogP contribution >= 0.6 is 0 Å². The molecule has 7 nitrogen and oxygen atoms in total. The van der Waals surface area contributed by atoms with Gasteiger partial charge in [-0.05, 0) is 30.4 Å². The first-order valence-corrected chi connectivity index (χ1v) is 10.5. The Hall–Kier alpha value is -2.95. The Morgan fingerprint density at radius 2 is 2.06 bits per heavy atom. The van der Waals surface area contributed by atoms with Crippen molar-refractivity contribution < 1.29 is 19.1 Å². The number of carbonyl (C=O) groups is 2. The molecular formula is C24H29N3O4. The lowest BCUT2D eigenvalue weighted by molar-refractivity contribution is -0.139. The first-order chi connectivity index (χ1) is 14.8. The Bertz CT molecular complexity index is 985. The molecule has 7 heteroatoms. The lowest BCUT2D eigenvalue weighted by Gasteiger charge is -2.40. The van der Waals surface area contributed by atoms with Crippen molar-refractivity contribution in [3.63, 3.8) is 0 Å². The van der Waals surface area contributed by atoms with Gasteiger partial charge < -0.3 is 20.5 Å². The number of rotatable bonds is 7. The number of hydrogen-bond acceptors (Lipinski definition) is 7. The fourth-order valence-electron chi connectivity index (χ4n) is 4.33. The van der Waals surface area contributed by atoms with Crippen molar-refractivity contribution in [2.24, 2.45) is 11.1 Å². The molecule has 0 bridgehead atoms. The summed E-state index contributed by atoms with van der Waals surface area (Å²) in [4.78, 5) is 26.4. The molecule has 0 spiro atoms. The molecule has 1 aliphatic heterocycles. The molecule has 1 aliphatic carbocycles. The van der Waals surface area contributed by atoms with Gasteiger partial charge in [0.1, 0.15) is 0 Å². The highest BCUT2D eigenvalue weighted by molar-refractivity contribution is 6.04. The molecule has 3 rings (SSSR count). The van der Waals surface area contributed by atoms with Gasteiger partial charge in [-0.15, -0.1) is 0 Å². The van der Waals surface area contributed by atoms with Crippen LogP contribution in [-0.4, -0.2) is 38.1 Å². The zero-order chi connectivity index (χ0) is 22.6. The van der Waals surface area contributed by atoms with E-state index in [2.05, 4.69) is 11.4 Å². The summed E-state index contributed by atoms with van der Waals surface area (Å²) in [7, 11) is 0. The maximum atomic E-state index is 13.3. The smallest absolute Gasteiger partial charge is 0.336 e. The minimum atomic E-state index is -0.689. The molecule has 1 aromatic carbocycles. The third-order valence-corrected chi connectivity index (χ3v) is 5.52. The highest BCUT2D eigenvalue weighted by Crippen LogP contribution is 2.47. The van der Waals surface area contributed by atoms with Crippen LogP contribution in [0.3, 0.4) is 0 Å². The van der Waals surface area contributed by atoms with Gasteiger partial charge in [0.15, 0.2) is 5.78 Å². The van der Waals surface area contributed by atoms with Crippen molar-refractivity contribution in [2.75, 3.05) is 26.4 Å². The lowest BCUT2D eigenvalue weighted by atomic mass is 9.68. The zero-order valence-corrected chi connectivity index (χ0v) is 18.3. The van der Waals surface area contributed by atoms with E-state index in [-0.39, 0.29) is 24.4 Å². The average molecular weight is 424 g/mol. The second-order valence-electron chi connectivity index (χ2n) is 8.54. The van der Waals surface area contributed by atoms with Gasteiger partial charge in [0.05, 0.1) is 42.7 Å². The normalized spacial score (nSPS) is 20.1. The van der Waals surface area contributed by atoms with E-state index in [1.54, 1.807) is 25.1 Å². The fraction of sp³-hybridized carbons (Fsp3) is 0.458. The number of benzene rings is 1. The molecule has 0 saturated carbocycles. The molecular weight excluding hydrogens is 394 g/mol. The second kappa shape index (κ2) is 9.46. The number of ether oxygens (including phenoxy) is 2. The number of nitrogens with one attached hydrogen (secondary N) is 1. The van der Waals surface area contributed by atoms with E-state index in [9.17, 15) is 14.9 Å². The monoisotopic (exact) mass is 423 g/mol. The van der Waals surface area contributed by atoms with Crippen LogP contribution < -0.4 is 11.1 Å². The summed E-state index contributed by atoms with van der Waals surface area (Å²) in [6.07, 6.45) is 1.02. The Balaban J connectivity index is 2.23. The first-order valence-electron chi connectivity index (χ1n) is 10.5. The van der Waals surface area contributed by atoms with E-state index >= 15 is 0 Å². The standard InChI is InChI=1S/C24H29N3O4/c1-4-31-23(29)22-18(14-30-10-9-25)27-17-11-24(2,3)12-19(28)21(17)20(22)16-8-6-5-7-15(16)13-26/h5-8,20,27H,4,9-12,14,25H2,1-3H3. The van der Waals surface area contributed by atoms with Crippen LogP contribution in [0.5, 0.6) is 0 Å². The van der Waals surface area contributed by atoms with E-state index in [0.717, 1.165) is 5.70 Å². The van der Waals surface area contributed by atoms with Crippen molar-refractivity contribution in [1.82, 2.24) is 5.32 Å². The van der Waals surface area contributed by atoms with Gasteiger partial charge in [-0.25, -0.2) is 4.79 Å². The number of ketones is 1. The number of nitrogens with zero attached hydrogens (tertiary/aromatic N) is 1. The summed E-state index contributed by atoms with van der Waals surface area (Å²) < 4.78 is 11.0. The third-order valence-electron chi connectivity index (χ3n) is 5.52. The molecule has 0 fully saturated rings. The second-order valence-corrected chi connectivity index (χ2v) is 8.54. The fourth-order valence-corrected chi connectivity index (χ4v) is 4.33. The summed E-state index contributed by atoms with van der Waals surface area (Å²) in [6.45, 7) is 6.82. The number of nitrogens with two attached hydrogens (primary N) is 1. The van der Waals surface area contributed by atoms with Crippen LogP contribution in [-0.2, 0) is 19.1 Å². The van der Waals surface area contributed by atoms with Crippen LogP contribution in [0.2, 0.25) is 0 Å². The molecule has 1 heterocycles. The highest BCUT2D eigenvalue weighted by Gasteiger charge is 2.44. The number of dihydropyridines is 1. The minimum Gasteiger partial charge on any atom is -0.463 e. The molecule has 1 atom stereocenters. The van der Waals surface area contributed by atoms with Gasteiger partial charge in [0.25, 0.3) is 0 Å². The Kier molecular flexibility index (Phi) is 6.94. The molecule has 31 heavy (non-hydrogen) atoms. The Morgan fingerprint density at radius 3 is 2.74 bits per heavy atom. The lowest BCUT2D eigenvalue weighted by Crippen LogP contribution is -2.40. The van der Waals surface area contributed by atoms with Crippen LogP contribution in [0.25, 0.3) is 0 Å². The summed E-state index contributed by atoms with van der Waals surface area (Å²) in [5.74, 6) is -1.24. The molecule has 0 saturated heterocycles. The van der Waals surface area contributed by atoms with Crippen molar-refractivity contribution in [1.29, 1.82) is 5.26 Å². The summed E-state index contributed by atoms with van der Waals surface area (Å²) >= 11 is 0. The van der Waals surface area contributed by atoms with E-state index in [0.29, 0.717) is 54.0 Å². The van der Waals surface area contributed by atoms with Crippen LogP contribution in [0.15, 0.2) is 46.8 Å². The van der Waals surface area contributed by atoms with Crippen molar-refractivity contribution >= 4 is 11.8 Å². The van der Waals surface area contributed by atoms with Gasteiger partial charge >= 0.3 is 5.97 Å². The quantitative estimate of drug-likeness (QED) is 0.512. The molecule has 2 aliphatic rings. The SMILES string of the molecule is CCOC(=O)C1=C(COCCN)NC2=C(C(=O)CC(C)(C)C2)C1c1ccccc1C#N. The molecule has 1 unspecified atom stereocenters. The number of esters is 1. The summed E-state index contributed by atoms with van der Waals surface area (Å²) in [5, 5.41) is 13.0. The predicted molar refractivity (Wildman–Crippen MR) is 116 cm³/mol. The molecule has 0 radical (unpaired) electrons. The van der Waals surface area contributed by atoms with Gasteiger partial charge in [0, 0.05) is 30.2 Å². The number of allylic oxidation sites excluding steroid dienone is 2. The highest BCUT2D eigenvalue weighted by atomic mass is 16.5. The Morgan fingerprint density at radius 1 is 1.32 bits per heavy atom. The number of carbonyl (C=O) groups excluding carboxylic acids is 2. The maximum absolute atomic E-state index is 13.3. The van der Waals surface area contributed by atoms with E-state index < -0.39 is 11.9 Å². The molecule has 164 valence electrons. The number of Topliss-reactive ketones (excluding diaryl/α,β-unsaturated/α-hetero) is 1. The van der Waals surface area contributed by atoms with Crippen molar-refractivity contribution in [3.05, 3.63) is 57.9 Å². The minimum absolute atomic E-state index is 0.0276. The summed E-state index contributed by atoms with van der Waals surface area (Å²) in [6, 6.07) is 9.27. The number of hydrogen-bond donors (Lipinski definition) is 2. The molecule has 0 aromatic heterocycles. The van der Waals surface area contributed by atoms with Gasteiger partial charge in [-0.1, -0.05) is 32.0 Å². The first kappa shape index (κ1) is 22.7. The van der Waals surface area contributed by atoms with Crippen molar-refractivity contribution in [2.45, 2.75) is 39.5 Å². The summed E-state index contributed by atoms with van der Waals surface area (Å²) in [5.41, 5.74) is 8.55.